The highest BCUT2D eigenvalue weighted by Gasteiger charge is 2.24. The third-order valence-corrected chi connectivity index (χ3v) is 8.69. The van der Waals surface area contributed by atoms with Crippen LogP contribution in [-0.2, 0) is 4.79 Å². The van der Waals surface area contributed by atoms with Gasteiger partial charge in [0.05, 0.1) is 16.9 Å². The van der Waals surface area contributed by atoms with Crippen molar-refractivity contribution in [2.45, 2.75) is 64.3 Å². The number of hydrogen-bond acceptors (Lipinski definition) is 7. The first kappa shape index (κ1) is 30.2. The number of carbonyl (C=O) groups excluding carboxylic acids is 1. The molecule has 3 heterocycles. The van der Waals surface area contributed by atoms with E-state index in [-0.39, 0.29) is 17.6 Å². The molecular weight excluding hydrogens is 575 g/mol. The lowest BCUT2D eigenvalue weighted by Gasteiger charge is -2.31. The Hall–Kier alpha value is -4.80. The van der Waals surface area contributed by atoms with Crippen molar-refractivity contribution >= 4 is 34.4 Å². The summed E-state index contributed by atoms with van der Waals surface area (Å²) in [6, 6.07) is 11.9. The molecule has 1 aliphatic heterocycles. The maximum atomic E-state index is 15.2. The molecule has 1 atom stereocenters. The van der Waals surface area contributed by atoms with Crippen molar-refractivity contribution in [3.63, 3.8) is 0 Å². The van der Waals surface area contributed by atoms with E-state index in [4.69, 9.17) is 9.72 Å². The van der Waals surface area contributed by atoms with Crippen molar-refractivity contribution in [3.05, 3.63) is 66.2 Å². The lowest BCUT2D eigenvalue weighted by molar-refractivity contribution is -0.117. The van der Waals surface area contributed by atoms with Crippen molar-refractivity contribution in [1.29, 1.82) is 0 Å². The van der Waals surface area contributed by atoms with Crippen molar-refractivity contribution in [1.82, 2.24) is 19.9 Å². The van der Waals surface area contributed by atoms with Gasteiger partial charge in [0.2, 0.25) is 17.7 Å². The van der Waals surface area contributed by atoms with E-state index < -0.39 is 11.9 Å². The Balaban J connectivity index is 1.26. The zero-order valence-corrected chi connectivity index (χ0v) is 25.3. The number of nitrogens with zero attached hydrogens (tertiary/aromatic N) is 4. The van der Waals surface area contributed by atoms with Gasteiger partial charge in [-0.1, -0.05) is 31.4 Å². The molecule has 234 valence electrons. The topological polar surface area (TPSA) is 130 Å². The van der Waals surface area contributed by atoms with E-state index in [9.17, 15) is 14.7 Å². The zero-order chi connectivity index (χ0) is 31.3. The second-order valence-corrected chi connectivity index (χ2v) is 11.9. The molecule has 4 aromatic rings. The van der Waals surface area contributed by atoms with Gasteiger partial charge in [0.15, 0.2) is 0 Å². The predicted octanol–water partition coefficient (Wildman–Crippen LogP) is 7.39. The number of rotatable bonds is 8. The van der Waals surface area contributed by atoms with E-state index in [1.165, 1.54) is 17.4 Å². The average Bonchev–Trinajstić information content (AvgIpc) is 3.04. The second kappa shape index (κ2) is 13.5. The highest BCUT2D eigenvalue weighted by atomic mass is 19.1. The molecule has 1 saturated heterocycles. The van der Waals surface area contributed by atoms with Gasteiger partial charge < -0.3 is 25.4 Å². The van der Waals surface area contributed by atoms with E-state index in [0.29, 0.717) is 65.0 Å². The quantitative estimate of drug-likeness (QED) is 0.188. The molecule has 2 fully saturated rings. The SMILES string of the molecule is Cc1ccc2c(NC(=O)CC3CCCCC3)c(F)ccc2c1Oc1ncccc1-c1ccnc(N[C@H]2CCCN(C(=O)O)C2)n1. The van der Waals surface area contributed by atoms with Gasteiger partial charge >= 0.3 is 6.09 Å². The maximum absolute atomic E-state index is 15.2. The van der Waals surface area contributed by atoms with Crippen molar-refractivity contribution in [2.75, 3.05) is 23.7 Å². The number of piperidine rings is 1. The number of ether oxygens (including phenoxy) is 1. The first-order valence-corrected chi connectivity index (χ1v) is 15.6. The zero-order valence-electron chi connectivity index (χ0n) is 25.3. The summed E-state index contributed by atoms with van der Waals surface area (Å²) in [5, 5.41) is 16.7. The first-order chi connectivity index (χ1) is 21.9. The van der Waals surface area contributed by atoms with Crippen LogP contribution < -0.4 is 15.4 Å². The minimum Gasteiger partial charge on any atom is -0.465 e. The third kappa shape index (κ3) is 6.97. The number of benzene rings is 2. The number of nitrogens with one attached hydrogen (secondary N) is 2. The fourth-order valence-electron chi connectivity index (χ4n) is 6.36. The fraction of sp³-hybridized carbons (Fsp3) is 0.382. The van der Waals surface area contributed by atoms with E-state index in [0.717, 1.165) is 44.1 Å². The number of halogens is 1. The van der Waals surface area contributed by atoms with Gasteiger partial charge in [-0.05, 0) is 74.4 Å². The average molecular weight is 613 g/mol. The molecule has 1 saturated carbocycles. The normalized spacial score (nSPS) is 17.2. The molecule has 2 amide bonds. The fourth-order valence-corrected chi connectivity index (χ4v) is 6.36. The van der Waals surface area contributed by atoms with Crippen LogP contribution in [0.1, 0.15) is 56.9 Å². The number of likely N-dealkylation sites (tertiary alicyclic amines) is 1. The van der Waals surface area contributed by atoms with Crippen LogP contribution in [0.4, 0.5) is 20.8 Å². The summed E-state index contributed by atoms with van der Waals surface area (Å²) in [7, 11) is 0. The Morgan fingerprint density at radius 2 is 1.82 bits per heavy atom. The number of pyridine rings is 1. The summed E-state index contributed by atoms with van der Waals surface area (Å²) in [5.74, 6) is 0.835. The van der Waals surface area contributed by atoms with Crippen LogP contribution in [-0.4, -0.2) is 56.1 Å². The molecule has 10 nitrogen and oxygen atoms in total. The summed E-state index contributed by atoms with van der Waals surface area (Å²) in [6.45, 7) is 2.77. The predicted molar refractivity (Wildman–Crippen MR) is 170 cm³/mol. The molecule has 2 aromatic carbocycles. The first-order valence-electron chi connectivity index (χ1n) is 15.6. The van der Waals surface area contributed by atoms with Gasteiger partial charge in [0, 0.05) is 48.7 Å². The number of aryl methyl sites for hydroxylation is 1. The van der Waals surface area contributed by atoms with Crippen LogP contribution in [0, 0.1) is 18.7 Å². The third-order valence-electron chi connectivity index (χ3n) is 8.69. The standard InChI is InChI=1S/C34H37FN6O4/c1-21-11-12-24-25(13-14-27(35)30(24)40-29(42)19-22-7-3-2-4-8-22)31(21)45-32-26(10-5-16-36-32)28-15-17-37-33(39-28)38-23-9-6-18-41(20-23)34(43)44/h5,10-17,22-23H,2-4,6-9,18-20H2,1H3,(H,40,42)(H,43,44)(H,37,38,39)/t23-/m0/s1. The molecule has 2 aliphatic rings. The molecule has 0 bridgehead atoms. The number of carboxylic acid groups (broad SMARTS) is 1. The molecule has 3 N–H and O–H groups in total. The minimum absolute atomic E-state index is 0.106. The second-order valence-electron chi connectivity index (χ2n) is 11.9. The van der Waals surface area contributed by atoms with Gasteiger partial charge in [-0.3, -0.25) is 4.79 Å². The van der Waals surface area contributed by atoms with Gasteiger partial charge in [-0.25, -0.2) is 24.1 Å². The van der Waals surface area contributed by atoms with Crippen LogP contribution in [0.5, 0.6) is 11.6 Å². The molecule has 0 radical (unpaired) electrons. The molecule has 45 heavy (non-hydrogen) atoms. The largest absolute Gasteiger partial charge is 0.465 e. The van der Waals surface area contributed by atoms with E-state index in [1.54, 1.807) is 36.7 Å². The molecule has 6 rings (SSSR count). The maximum Gasteiger partial charge on any atom is 0.407 e. The Kier molecular flexibility index (Phi) is 9.04. The molecule has 1 aliphatic carbocycles. The molecule has 11 heteroatoms. The van der Waals surface area contributed by atoms with Crippen molar-refractivity contribution in [3.8, 4) is 22.9 Å². The van der Waals surface area contributed by atoms with Crippen molar-refractivity contribution < 1.29 is 23.8 Å². The summed E-state index contributed by atoms with van der Waals surface area (Å²) < 4.78 is 21.6. The van der Waals surface area contributed by atoms with Gasteiger partial charge in [0.25, 0.3) is 0 Å². The molecule has 2 aromatic heterocycles. The van der Waals surface area contributed by atoms with E-state index in [2.05, 4.69) is 20.6 Å². The van der Waals surface area contributed by atoms with Crippen molar-refractivity contribution in [2.24, 2.45) is 5.92 Å². The Bertz CT molecular complexity index is 1710. The van der Waals surface area contributed by atoms with E-state index in [1.807, 2.05) is 19.1 Å². The van der Waals surface area contributed by atoms with Gasteiger partial charge in [-0.15, -0.1) is 0 Å². The molecular formula is C34H37FN6O4. The number of amides is 2. The number of fused-ring (bicyclic) bond motifs is 1. The van der Waals surface area contributed by atoms with E-state index >= 15 is 4.39 Å². The smallest absolute Gasteiger partial charge is 0.407 e. The Morgan fingerprint density at radius 3 is 2.64 bits per heavy atom. The van der Waals surface area contributed by atoms with Crippen LogP contribution in [0.2, 0.25) is 0 Å². The minimum atomic E-state index is -0.936. The summed E-state index contributed by atoms with van der Waals surface area (Å²) in [4.78, 5) is 39.4. The summed E-state index contributed by atoms with van der Waals surface area (Å²) in [5.41, 5.74) is 2.16. The number of aromatic nitrogens is 3. The number of hydrogen-bond donors (Lipinski definition) is 3. The summed E-state index contributed by atoms with van der Waals surface area (Å²) >= 11 is 0. The summed E-state index contributed by atoms with van der Waals surface area (Å²) in [6.07, 6.45) is 9.80. The Morgan fingerprint density at radius 1 is 1.00 bits per heavy atom. The van der Waals surface area contributed by atoms with Crippen LogP contribution in [0.3, 0.4) is 0 Å². The number of carbonyl (C=O) groups is 2. The lowest BCUT2D eigenvalue weighted by Crippen LogP contribution is -2.44. The molecule has 0 unspecified atom stereocenters. The molecule has 0 spiro atoms. The van der Waals surface area contributed by atoms with Crippen LogP contribution >= 0.6 is 0 Å². The Labute approximate surface area is 261 Å². The highest BCUT2D eigenvalue weighted by Crippen LogP contribution is 2.40. The lowest BCUT2D eigenvalue weighted by atomic mass is 9.87. The highest BCUT2D eigenvalue weighted by molar-refractivity contribution is 6.04. The van der Waals surface area contributed by atoms with Gasteiger partial charge in [0.1, 0.15) is 11.6 Å². The van der Waals surface area contributed by atoms with Gasteiger partial charge in [-0.2, -0.15) is 0 Å². The van der Waals surface area contributed by atoms with Crippen LogP contribution in [0.15, 0.2) is 54.9 Å². The van der Waals surface area contributed by atoms with Crippen LogP contribution in [0.25, 0.3) is 22.0 Å². The monoisotopic (exact) mass is 612 g/mol. The number of anilines is 2.